The van der Waals surface area contributed by atoms with E-state index in [2.05, 4.69) is 4.74 Å². The van der Waals surface area contributed by atoms with Crippen molar-refractivity contribution in [3.63, 3.8) is 0 Å². The Bertz CT molecular complexity index is 566. The van der Waals surface area contributed by atoms with Gasteiger partial charge in [0.1, 0.15) is 6.54 Å². The van der Waals surface area contributed by atoms with E-state index >= 15 is 0 Å². The van der Waals surface area contributed by atoms with Gasteiger partial charge in [-0.15, -0.1) is 0 Å². The second-order valence-electron chi connectivity index (χ2n) is 4.60. The summed E-state index contributed by atoms with van der Waals surface area (Å²) in [6.45, 7) is -0.0766. The van der Waals surface area contributed by atoms with Crippen LogP contribution in [0.5, 0.6) is 11.5 Å². The molecule has 120 valence electrons. The normalized spacial score (nSPS) is 13.6. The summed E-state index contributed by atoms with van der Waals surface area (Å²) in [6.07, 6.45) is 1.86. The predicted octanol–water partition coefficient (Wildman–Crippen LogP) is 0.612. The zero-order valence-electron chi connectivity index (χ0n) is 12.4. The average Bonchev–Trinajstić information content (AvgIpc) is 2.99. The number of carbonyl (C=O) groups excluding carboxylic acids is 2. The first-order chi connectivity index (χ1) is 10.6. The Morgan fingerprint density at radius 2 is 2.14 bits per heavy atom. The molecule has 0 spiro atoms. The SMILES string of the molecule is COC(=O)CN(C(=O)[C@@H](N)CSC)c1ccc2c(c1)OCO2. The van der Waals surface area contributed by atoms with E-state index in [9.17, 15) is 9.59 Å². The highest BCUT2D eigenvalue weighted by Gasteiger charge is 2.26. The van der Waals surface area contributed by atoms with E-state index in [1.807, 2.05) is 6.26 Å². The second kappa shape index (κ2) is 7.37. The van der Waals surface area contributed by atoms with Crippen molar-refractivity contribution in [2.75, 3.05) is 37.4 Å². The number of anilines is 1. The number of benzene rings is 1. The van der Waals surface area contributed by atoms with Gasteiger partial charge in [-0.05, 0) is 18.4 Å². The van der Waals surface area contributed by atoms with Crippen LogP contribution in [-0.2, 0) is 14.3 Å². The number of hydrogen-bond donors (Lipinski definition) is 1. The average molecular weight is 326 g/mol. The minimum absolute atomic E-state index is 0.135. The van der Waals surface area contributed by atoms with E-state index in [1.165, 1.54) is 23.8 Å². The Morgan fingerprint density at radius 1 is 1.41 bits per heavy atom. The molecule has 2 rings (SSSR count). The molecule has 1 amide bonds. The van der Waals surface area contributed by atoms with Crippen molar-refractivity contribution >= 4 is 29.3 Å². The third-order valence-electron chi connectivity index (χ3n) is 3.11. The van der Waals surface area contributed by atoms with Crippen LogP contribution >= 0.6 is 11.8 Å². The molecular formula is C14H18N2O5S. The molecule has 1 heterocycles. The molecule has 1 aliphatic heterocycles. The van der Waals surface area contributed by atoms with Gasteiger partial charge in [0.25, 0.3) is 0 Å². The molecule has 0 saturated heterocycles. The molecule has 7 nitrogen and oxygen atoms in total. The summed E-state index contributed by atoms with van der Waals surface area (Å²) >= 11 is 1.46. The maximum absolute atomic E-state index is 12.5. The minimum Gasteiger partial charge on any atom is -0.468 e. The fourth-order valence-electron chi connectivity index (χ4n) is 1.99. The summed E-state index contributed by atoms with van der Waals surface area (Å²) in [6, 6.07) is 4.31. The number of nitrogens with two attached hydrogens (primary N) is 1. The number of methoxy groups -OCH3 is 1. The highest BCUT2D eigenvalue weighted by Crippen LogP contribution is 2.35. The molecule has 1 aromatic rings. The molecule has 0 unspecified atom stereocenters. The van der Waals surface area contributed by atoms with Crippen LogP contribution in [0.2, 0.25) is 0 Å². The van der Waals surface area contributed by atoms with Gasteiger partial charge < -0.3 is 19.9 Å². The van der Waals surface area contributed by atoms with Gasteiger partial charge in [0, 0.05) is 17.5 Å². The Labute approximate surface area is 132 Å². The molecule has 0 fully saturated rings. The second-order valence-corrected chi connectivity index (χ2v) is 5.51. The van der Waals surface area contributed by atoms with Crippen LogP contribution in [0.3, 0.4) is 0 Å². The molecule has 0 aliphatic carbocycles. The largest absolute Gasteiger partial charge is 0.468 e. The van der Waals surface area contributed by atoms with Gasteiger partial charge >= 0.3 is 5.97 Å². The maximum atomic E-state index is 12.5. The lowest BCUT2D eigenvalue weighted by molar-refractivity contribution is -0.140. The number of ether oxygens (including phenoxy) is 3. The summed E-state index contributed by atoms with van der Waals surface area (Å²) < 4.78 is 15.2. The molecule has 1 aliphatic rings. The zero-order valence-corrected chi connectivity index (χ0v) is 13.2. The van der Waals surface area contributed by atoms with Gasteiger partial charge in [-0.3, -0.25) is 14.5 Å². The van der Waals surface area contributed by atoms with Gasteiger partial charge in [0.2, 0.25) is 12.7 Å². The summed E-state index contributed by atoms with van der Waals surface area (Å²) in [5.74, 6) is 0.711. The van der Waals surface area contributed by atoms with Crippen LogP contribution in [0.1, 0.15) is 0 Å². The maximum Gasteiger partial charge on any atom is 0.325 e. The number of rotatable bonds is 6. The van der Waals surface area contributed by atoms with E-state index in [1.54, 1.807) is 18.2 Å². The Hall–Kier alpha value is -1.93. The summed E-state index contributed by atoms with van der Waals surface area (Å²) in [5.41, 5.74) is 6.39. The van der Waals surface area contributed by atoms with Crippen LogP contribution in [0.15, 0.2) is 18.2 Å². The number of amides is 1. The highest BCUT2D eigenvalue weighted by atomic mass is 32.2. The van der Waals surface area contributed by atoms with Crippen LogP contribution in [0.25, 0.3) is 0 Å². The first-order valence-corrected chi connectivity index (χ1v) is 7.98. The number of esters is 1. The molecule has 0 aromatic heterocycles. The van der Waals surface area contributed by atoms with E-state index < -0.39 is 12.0 Å². The lowest BCUT2D eigenvalue weighted by Crippen LogP contribution is -2.47. The van der Waals surface area contributed by atoms with Crippen LogP contribution in [-0.4, -0.2) is 50.4 Å². The third-order valence-corrected chi connectivity index (χ3v) is 3.80. The van der Waals surface area contributed by atoms with E-state index in [0.29, 0.717) is 22.9 Å². The predicted molar refractivity (Wildman–Crippen MR) is 83.3 cm³/mol. The van der Waals surface area contributed by atoms with E-state index in [4.69, 9.17) is 15.2 Å². The Kier molecular flexibility index (Phi) is 5.51. The Balaban J connectivity index is 2.27. The van der Waals surface area contributed by atoms with Crippen molar-refractivity contribution in [1.82, 2.24) is 0 Å². The number of carbonyl (C=O) groups is 2. The first-order valence-electron chi connectivity index (χ1n) is 6.59. The standard InChI is InChI=1S/C14H18N2O5S/c1-19-13(17)6-16(14(18)10(15)7-22-2)9-3-4-11-12(5-9)21-8-20-11/h3-5,10H,6-8,15H2,1-2H3/t10-/m0/s1. The number of nitrogens with zero attached hydrogens (tertiary/aromatic N) is 1. The summed E-state index contributed by atoms with van der Waals surface area (Å²) in [4.78, 5) is 25.4. The molecule has 1 aromatic carbocycles. The van der Waals surface area contributed by atoms with Crippen molar-refractivity contribution in [3.8, 4) is 11.5 Å². The summed E-state index contributed by atoms with van der Waals surface area (Å²) in [7, 11) is 1.27. The van der Waals surface area contributed by atoms with Gasteiger partial charge in [-0.25, -0.2) is 0 Å². The molecule has 0 saturated carbocycles. The smallest absolute Gasteiger partial charge is 0.325 e. The van der Waals surface area contributed by atoms with Crippen molar-refractivity contribution in [2.45, 2.75) is 6.04 Å². The highest BCUT2D eigenvalue weighted by molar-refractivity contribution is 7.98. The molecule has 22 heavy (non-hydrogen) atoms. The van der Waals surface area contributed by atoms with Crippen molar-refractivity contribution in [3.05, 3.63) is 18.2 Å². The number of fused-ring (bicyclic) bond motifs is 1. The molecular weight excluding hydrogens is 308 g/mol. The molecule has 1 atom stereocenters. The Morgan fingerprint density at radius 3 is 2.82 bits per heavy atom. The zero-order chi connectivity index (χ0) is 16.1. The van der Waals surface area contributed by atoms with Gasteiger partial charge in [0.05, 0.1) is 13.2 Å². The van der Waals surface area contributed by atoms with Crippen LogP contribution in [0, 0.1) is 0 Å². The van der Waals surface area contributed by atoms with Gasteiger partial charge in [-0.1, -0.05) is 0 Å². The topological polar surface area (TPSA) is 91.1 Å². The van der Waals surface area contributed by atoms with Crippen molar-refractivity contribution in [1.29, 1.82) is 0 Å². The van der Waals surface area contributed by atoms with Gasteiger partial charge in [0.15, 0.2) is 11.5 Å². The summed E-state index contributed by atoms with van der Waals surface area (Å²) in [5, 5.41) is 0. The molecule has 0 bridgehead atoms. The third kappa shape index (κ3) is 3.63. The molecule has 0 radical (unpaired) electrons. The number of thioether (sulfide) groups is 1. The minimum atomic E-state index is -0.704. The first kappa shape index (κ1) is 16.4. The lowest BCUT2D eigenvalue weighted by Gasteiger charge is -2.24. The fourth-order valence-corrected chi connectivity index (χ4v) is 2.50. The van der Waals surface area contributed by atoms with E-state index in [0.717, 1.165) is 0 Å². The fraction of sp³-hybridized carbons (Fsp3) is 0.429. The van der Waals surface area contributed by atoms with E-state index in [-0.39, 0.29) is 19.2 Å². The quantitative estimate of drug-likeness (QED) is 0.766. The molecule has 2 N–H and O–H groups in total. The van der Waals surface area contributed by atoms with Crippen molar-refractivity contribution < 1.29 is 23.8 Å². The monoisotopic (exact) mass is 326 g/mol. The number of hydrogen-bond acceptors (Lipinski definition) is 7. The lowest BCUT2D eigenvalue weighted by atomic mass is 10.2. The van der Waals surface area contributed by atoms with Crippen LogP contribution < -0.4 is 20.1 Å². The van der Waals surface area contributed by atoms with Gasteiger partial charge in [-0.2, -0.15) is 11.8 Å². The van der Waals surface area contributed by atoms with Crippen LogP contribution in [0.4, 0.5) is 5.69 Å². The molecule has 8 heteroatoms. The van der Waals surface area contributed by atoms with Crippen molar-refractivity contribution in [2.24, 2.45) is 5.73 Å².